The van der Waals surface area contributed by atoms with Gasteiger partial charge in [-0.15, -0.1) is 15.3 Å². The van der Waals surface area contributed by atoms with Gasteiger partial charge in [-0.1, -0.05) is 34.0 Å². The van der Waals surface area contributed by atoms with Crippen LogP contribution in [0.4, 0.5) is 5.13 Å². The fourth-order valence-corrected chi connectivity index (χ4v) is 4.73. The molecule has 0 aromatic carbocycles. The lowest BCUT2D eigenvalue weighted by atomic mass is 10.1. The molecule has 2 aromatic rings. The fraction of sp³-hybridized carbons (Fsp3) is 0.615. The molecule has 10 heteroatoms. The zero-order chi connectivity index (χ0) is 16.1. The van der Waals surface area contributed by atoms with Gasteiger partial charge in [-0.05, 0) is 44.4 Å². The smallest absolute Gasteiger partial charge is 0.271 e. The zero-order valence-corrected chi connectivity index (χ0v) is 15.3. The maximum Gasteiger partial charge on any atom is 0.271 e. The number of amides is 1. The minimum atomic E-state index is -0.224. The van der Waals surface area contributed by atoms with Gasteiger partial charge in [0, 0.05) is 12.3 Å². The minimum Gasteiger partial charge on any atom is -0.303 e. The van der Waals surface area contributed by atoms with E-state index < -0.39 is 0 Å². The first kappa shape index (κ1) is 16.7. The second kappa shape index (κ2) is 8.13. The molecule has 0 unspecified atom stereocenters. The predicted octanol–water partition coefficient (Wildman–Crippen LogP) is 2.53. The third kappa shape index (κ3) is 4.69. The molecule has 1 aliphatic heterocycles. The Morgan fingerprint density at radius 1 is 1.26 bits per heavy atom. The monoisotopic (exact) mass is 370 g/mol. The Balaban J connectivity index is 1.46. The minimum absolute atomic E-state index is 0.224. The van der Waals surface area contributed by atoms with Gasteiger partial charge in [0.15, 0.2) is 4.34 Å². The molecule has 1 fully saturated rings. The molecule has 7 nitrogen and oxygen atoms in total. The summed E-state index contributed by atoms with van der Waals surface area (Å²) >= 11 is 4.18. The fourth-order valence-electron chi connectivity index (χ4n) is 2.36. The standard InChI is InChI=1S/C13H18N6OS3/c1-9-10(23-18-15-9)11(20)14-12-16-17-13(22-12)21-8-7-19-5-3-2-4-6-19/h2-8H2,1H3,(H,14,16,20). The number of anilines is 1. The molecule has 1 N–H and O–H groups in total. The number of thioether (sulfide) groups is 1. The Morgan fingerprint density at radius 2 is 2.09 bits per heavy atom. The van der Waals surface area contributed by atoms with Gasteiger partial charge in [0.25, 0.3) is 5.91 Å². The van der Waals surface area contributed by atoms with E-state index in [0.717, 1.165) is 28.2 Å². The van der Waals surface area contributed by atoms with Crippen LogP contribution in [0.1, 0.15) is 34.6 Å². The highest BCUT2D eigenvalue weighted by atomic mass is 32.2. The molecule has 1 amide bonds. The SMILES string of the molecule is Cc1nnsc1C(=O)Nc1nnc(SCCN2CCCCC2)s1. The summed E-state index contributed by atoms with van der Waals surface area (Å²) < 4.78 is 4.65. The Kier molecular flexibility index (Phi) is 5.92. The molecular formula is C13H18N6OS3. The number of nitrogens with zero attached hydrogens (tertiary/aromatic N) is 5. The number of carbonyl (C=O) groups excluding carboxylic acids is 1. The normalized spacial score (nSPS) is 15.7. The molecule has 1 saturated heterocycles. The van der Waals surface area contributed by atoms with E-state index >= 15 is 0 Å². The largest absolute Gasteiger partial charge is 0.303 e. The van der Waals surface area contributed by atoms with E-state index in [1.54, 1.807) is 18.7 Å². The Hall–Kier alpha value is -1.10. The topological polar surface area (TPSA) is 83.9 Å². The van der Waals surface area contributed by atoms with Crippen molar-refractivity contribution in [3.8, 4) is 0 Å². The van der Waals surface area contributed by atoms with Crippen molar-refractivity contribution in [1.29, 1.82) is 0 Å². The molecule has 0 bridgehead atoms. The van der Waals surface area contributed by atoms with Crippen molar-refractivity contribution in [3.63, 3.8) is 0 Å². The van der Waals surface area contributed by atoms with Gasteiger partial charge in [-0.2, -0.15) is 0 Å². The van der Waals surface area contributed by atoms with Crippen LogP contribution in [0.2, 0.25) is 0 Å². The highest BCUT2D eigenvalue weighted by Crippen LogP contribution is 2.26. The summed E-state index contributed by atoms with van der Waals surface area (Å²) in [6, 6.07) is 0. The highest BCUT2D eigenvalue weighted by Gasteiger charge is 2.16. The van der Waals surface area contributed by atoms with E-state index in [1.807, 2.05) is 0 Å². The third-order valence-electron chi connectivity index (χ3n) is 3.57. The maximum absolute atomic E-state index is 12.1. The number of aryl methyl sites for hydroxylation is 1. The quantitative estimate of drug-likeness (QED) is 0.618. The van der Waals surface area contributed by atoms with Gasteiger partial charge in [0.2, 0.25) is 5.13 Å². The number of likely N-dealkylation sites (tertiary alicyclic amines) is 1. The molecule has 0 radical (unpaired) electrons. The van der Waals surface area contributed by atoms with Gasteiger partial charge < -0.3 is 4.90 Å². The van der Waals surface area contributed by atoms with Crippen LogP contribution in [0.25, 0.3) is 0 Å². The summed E-state index contributed by atoms with van der Waals surface area (Å²) in [5.74, 6) is 0.777. The number of hydrogen-bond donors (Lipinski definition) is 1. The summed E-state index contributed by atoms with van der Waals surface area (Å²) in [5, 5.41) is 15.3. The summed E-state index contributed by atoms with van der Waals surface area (Å²) in [6.07, 6.45) is 3.98. The number of carbonyl (C=O) groups is 1. The average molecular weight is 371 g/mol. The third-order valence-corrected chi connectivity index (χ3v) is 6.35. The van der Waals surface area contributed by atoms with Crippen molar-refractivity contribution < 1.29 is 4.79 Å². The predicted molar refractivity (Wildman–Crippen MR) is 93.5 cm³/mol. The number of piperidine rings is 1. The molecule has 23 heavy (non-hydrogen) atoms. The molecule has 0 saturated carbocycles. The molecule has 3 heterocycles. The van der Waals surface area contributed by atoms with Crippen molar-refractivity contribution in [2.24, 2.45) is 0 Å². The highest BCUT2D eigenvalue weighted by molar-refractivity contribution is 8.01. The van der Waals surface area contributed by atoms with Crippen LogP contribution < -0.4 is 5.32 Å². The number of nitrogens with one attached hydrogen (secondary N) is 1. The van der Waals surface area contributed by atoms with Crippen molar-refractivity contribution in [1.82, 2.24) is 24.7 Å². The van der Waals surface area contributed by atoms with E-state index in [1.165, 1.54) is 43.7 Å². The van der Waals surface area contributed by atoms with E-state index in [-0.39, 0.29) is 5.91 Å². The van der Waals surface area contributed by atoms with Gasteiger partial charge in [-0.3, -0.25) is 10.1 Å². The molecule has 3 rings (SSSR count). The molecule has 124 valence electrons. The van der Waals surface area contributed by atoms with Gasteiger partial charge in [-0.25, -0.2) is 0 Å². The summed E-state index contributed by atoms with van der Waals surface area (Å²) in [4.78, 5) is 15.1. The van der Waals surface area contributed by atoms with Crippen LogP contribution in [0.3, 0.4) is 0 Å². The van der Waals surface area contributed by atoms with Crippen molar-refractivity contribution in [2.75, 3.05) is 30.7 Å². The van der Waals surface area contributed by atoms with Gasteiger partial charge >= 0.3 is 0 Å². The first-order valence-electron chi connectivity index (χ1n) is 7.51. The molecule has 0 atom stereocenters. The van der Waals surface area contributed by atoms with Crippen molar-refractivity contribution in [2.45, 2.75) is 30.5 Å². The number of hydrogen-bond acceptors (Lipinski definition) is 9. The van der Waals surface area contributed by atoms with E-state index in [9.17, 15) is 4.79 Å². The first-order chi connectivity index (χ1) is 11.2. The Labute approximate surface area is 147 Å². The van der Waals surface area contributed by atoms with Gasteiger partial charge in [0.1, 0.15) is 4.88 Å². The summed E-state index contributed by atoms with van der Waals surface area (Å²) in [6.45, 7) is 5.26. The number of rotatable bonds is 6. The second-order valence-electron chi connectivity index (χ2n) is 5.27. The molecule has 1 aliphatic rings. The van der Waals surface area contributed by atoms with Gasteiger partial charge in [0.05, 0.1) is 5.69 Å². The van der Waals surface area contributed by atoms with Crippen LogP contribution in [0.5, 0.6) is 0 Å². The molecule has 2 aromatic heterocycles. The summed E-state index contributed by atoms with van der Waals surface area (Å²) in [7, 11) is 0. The number of aromatic nitrogens is 4. The summed E-state index contributed by atoms with van der Waals surface area (Å²) in [5.41, 5.74) is 0.633. The Bertz CT molecular complexity index is 652. The first-order valence-corrected chi connectivity index (χ1v) is 10.1. The average Bonchev–Trinajstić information content (AvgIpc) is 3.17. The van der Waals surface area contributed by atoms with Crippen LogP contribution in [0, 0.1) is 6.92 Å². The van der Waals surface area contributed by atoms with Crippen LogP contribution in [-0.4, -0.2) is 56.0 Å². The Morgan fingerprint density at radius 3 is 2.83 bits per heavy atom. The lowest BCUT2D eigenvalue weighted by molar-refractivity contribution is 0.102. The zero-order valence-electron chi connectivity index (χ0n) is 12.8. The van der Waals surface area contributed by atoms with Crippen LogP contribution in [0.15, 0.2) is 4.34 Å². The van der Waals surface area contributed by atoms with Crippen LogP contribution >= 0.6 is 34.6 Å². The lowest BCUT2D eigenvalue weighted by Crippen LogP contribution is -2.31. The van der Waals surface area contributed by atoms with E-state index in [2.05, 4.69) is 30.0 Å². The molecular weight excluding hydrogens is 352 g/mol. The molecule has 0 spiro atoms. The lowest BCUT2D eigenvalue weighted by Gasteiger charge is -2.25. The second-order valence-corrected chi connectivity index (χ2v) is 8.34. The van der Waals surface area contributed by atoms with Crippen LogP contribution in [-0.2, 0) is 0 Å². The molecule has 0 aliphatic carbocycles. The maximum atomic E-state index is 12.1. The van der Waals surface area contributed by atoms with Crippen molar-refractivity contribution >= 4 is 45.7 Å². The van der Waals surface area contributed by atoms with Crippen molar-refractivity contribution in [3.05, 3.63) is 10.6 Å². The van der Waals surface area contributed by atoms with E-state index in [4.69, 9.17) is 0 Å². The van der Waals surface area contributed by atoms with E-state index in [0.29, 0.717) is 15.7 Å².